The molecule has 0 spiro atoms. The Hall–Kier alpha value is -0.790. The second kappa shape index (κ2) is 3.35. The molecule has 2 fully saturated rings. The highest BCUT2D eigenvalue weighted by atomic mass is 16.5. The topological polar surface area (TPSA) is 26.3 Å². The first kappa shape index (κ1) is 11.7. The van der Waals surface area contributed by atoms with Gasteiger partial charge in [-0.25, -0.2) is 4.79 Å². The summed E-state index contributed by atoms with van der Waals surface area (Å²) in [6.45, 7) is 12.3. The van der Waals surface area contributed by atoms with Crippen LogP contribution < -0.4 is 0 Å². The third kappa shape index (κ3) is 1.35. The third-order valence-corrected chi connectivity index (χ3v) is 5.31. The molecule has 2 aliphatic carbocycles. The van der Waals surface area contributed by atoms with Gasteiger partial charge in [0.1, 0.15) is 6.10 Å². The van der Waals surface area contributed by atoms with Crippen molar-refractivity contribution in [3.63, 3.8) is 0 Å². The maximum atomic E-state index is 11.6. The number of hydrogen-bond donors (Lipinski definition) is 0. The van der Waals surface area contributed by atoms with Gasteiger partial charge in [-0.15, -0.1) is 0 Å². The third-order valence-electron chi connectivity index (χ3n) is 5.31. The van der Waals surface area contributed by atoms with Crippen molar-refractivity contribution in [2.45, 2.75) is 53.1 Å². The molecule has 0 radical (unpaired) electrons. The fourth-order valence-corrected chi connectivity index (χ4v) is 3.54. The lowest BCUT2D eigenvalue weighted by Gasteiger charge is -2.38. The van der Waals surface area contributed by atoms with Crippen LogP contribution in [0.2, 0.25) is 0 Å². The van der Waals surface area contributed by atoms with Crippen LogP contribution in [0, 0.1) is 16.7 Å². The van der Waals surface area contributed by atoms with Crippen LogP contribution in [-0.2, 0) is 9.53 Å². The summed E-state index contributed by atoms with van der Waals surface area (Å²) in [6.07, 6.45) is 3.58. The second-order valence-electron chi connectivity index (χ2n) is 6.28. The van der Waals surface area contributed by atoms with Crippen LogP contribution in [0.4, 0.5) is 0 Å². The lowest BCUT2D eigenvalue weighted by atomic mass is 9.70. The van der Waals surface area contributed by atoms with Gasteiger partial charge in [0.05, 0.1) is 0 Å². The molecule has 3 atom stereocenters. The van der Waals surface area contributed by atoms with Gasteiger partial charge in [0.25, 0.3) is 0 Å². The van der Waals surface area contributed by atoms with E-state index in [1.54, 1.807) is 6.92 Å². The van der Waals surface area contributed by atoms with Crippen molar-refractivity contribution in [3.8, 4) is 0 Å². The number of fused-ring (bicyclic) bond motifs is 2. The number of carbonyl (C=O) groups is 1. The fourth-order valence-electron chi connectivity index (χ4n) is 3.54. The van der Waals surface area contributed by atoms with Gasteiger partial charge in [-0.1, -0.05) is 27.4 Å². The van der Waals surface area contributed by atoms with Crippen LogP contribution in [-0.4, -0.2) is 12.1 Å². The van der Waals surface area contributed by atoms with Gasteiger partial charge in [0.15, 0.2) is 0 Å². The predicted molar refractivity (Wildman–Crippen MR) is 63.9 cm³/mol. The summed E-state index contributed by atoms with van der Waals surface area (Å²) in [6, 6.07) is 0. The SMILES string of the molecule is C=C(C)C(=O)O[C@H]1C[C@H]2CC[C@@]1(C)C2(C)C. The first-order valence-electron chi connectivity index (χ1n) is 6.15. The highest BCUT2D eigenvalue weighted by Gasteiger charge is 2.62. The zero-order valence-corrected chi connectivity index (χ0v) is 10.8. The zero-order valence-electron chi connectivity index (χ0n) is 10.8. The standard InChI is InChI=1S/C14H22O2/c1-9(2)12(15)16-11-8-10-6-7-14(11,5)13(10,3)4/h10-11H,1,6-8H2,2-5H3/t10-,11+,14-/m1/s1. The van der Waals surface area contributed by atoms with Crippen LogP contribution in [0.15, 0.2) is 12.2 Å². The molecule has 16 heavy (non-hydrogen) atoms. The van der Waals surface area contributed by atoms with Crippen LogP contribution in [0.25, 0.3) is 0 Å². The lowest BCUT2D eigenvalue weighted by molar-refractivity contribution is -0.151. The minimum Gasteiger partial charge on any atom is -0.458 e. The fraction of sp³-hybridized carbons (Fsp3) is 0.786. The quantitative estimate of drug-likeness (QED) is 0.529. The molecule has 0 amide bonds. The molecular weight excluding hydrogens is 200 g/mol. The van der Waals surface area contributed by atoms with Gasteiger partial charge < -0.3 is 4.74 Å². The molecule has 0 aromatic heterocycles. The Balaban J connectivity index is 2.16. The largest absolute Gasteiger partial charge is 0.458 e. The molecule has 2 rings (SSSR count). The summed E-state index contributed by atoms with van der Waals surface area (Å²) < 4.78 is 5.61. The summed E-state index contributed by atoms with van der Waals surface area (Å²) >= 11 is 0. The van der Waals surface area contributed by atoms with Crippen molar-refractivity contribution < 1.29 is 9.53 Å². The Labute approximate surface area is 98.1 Å². The van der Waals surface area contributed by atoms with Crippen LogP contribution >= 0.6 is 0 Å². The number of ether oxygens (including phenoxy) is 1. The van der Waals surface area contributed by atoms with Gasteiger partial charge >= 0.3 is 5.97 Å². The van der Waals surface area contributed by atoms with Crippen molar-refractivity contribution in [2.24, 2.45) is 16.7 Å². The van der Waals surface area contributed by atoms with E-state index in [-0.39, 0.29) is 17.5 Å². The average Bonchev–Trinajstić information content (AvgIpc) is 2.50. The van der Waals surface area contributed by atoms with Crippen LogP contribution in [0.5, 0.6) is 0 Å². The van der Waals surface area contributed by atoms with E-state index in [2.05, 4.69) is 27.4 Å². The molecule has 0 unspecified atom stereocenters. The van der Waals surface area contributed by atoms with Crippen molar-refractivity contribution in [1.82, 2.24) is 0 Å². The minimum atomic E-state index is -0.227. The Morgan fingerprint density at radius 2 is 2.00 bits per heavy atom. The smallest absolute Gasteiger partial charge is 0.333 e. The first-order valence-corrected chi connectivity index (χ1v) is 6.15. The number of esters is 1. The van der Waals surface area contributed by atoms with Gasteiger partial charge in [0, 0.05) is 11.0 Å². The summed E-state index contributed by atoms with van der Waals surface area (Å²) in [7, 11) is 0. The van der Waals surface area contributed by atoms with Crippen LogP contribution in [0.3, 0.4) is 0 Å². The average molecular weight is 222 g/mol. The molecule has 0 aromatic rings. The molecule has 2 nitrogen and oxygen atoms in total. The number of hydrogen-bond acceptors (Lipinski definition) is 2. The summed E-state index contributed by atoms with van der Waals surface area (Å²) in [4.78, 5) is 11.6. The monoisotopic (exact) mass is 222 g/mol. The molecule has 90 valence electrons. The van der Waals surface area contributed by atoms with E-state index in [0.29, 0.717) is 16.9 Å². The lowest BCUT2D eigenvalue weighted by Crippen LogP contribution is -2.38. The van der Waals surface area contributed by atoms with Crippen molar-refractivity contribution in [2.75, 3.05) is 0 Å². The Morgan fingerprint density at radius 3 is 2.38 bits per heavy atom. The number of rotatable bonds is 2. The second-order valence-corrected chi connectivity index (χ2v) is 6.28. The number of carbonyl (C=O) groups excluding carboxylic acids is 1. The molecule has 2 aliphatic rings. The van der Waals surface area contributed by atoms with Gasteiger partial charge in [0.2, 0.25) is 0 Å². The van der Waals surface area contributed by atoms with Crippen molar-refractivity contribution >= 4 is 5.97 Å². The highest BCUT2D eigenvalue weighted by Crippen LogP contribution is 2.66. The highest BCUT2D eigenvalue weighted by molar-refractivity contribution is 5.87. The van der Waals surface area contributed by atoms with E-state index in [4.69, 9.17) is 4.74 Å². The zero-order chi connectivity index (χ0) is 12.1. The van der Waals surface area contributed by atoms with E-state index in [0.717, 1.165) is 6.42 Å². The van der Waals surface area contributed by atoms with E-state index >= 15 is 0 Å². The summed E-state index contributed by atoms with van der Waals surface area (Å²) in [5.41, 5.74) is 0.958. The summed E-state index contributed by atoms with van der Waals surface area (Å²) in [5.74, 6) is 0.481. The van der Waals surface area contributed by atoms with Gasteiger partial charge in [-0.3, -0.25) is 0 Å². The Morgan fingerprint density at radius 1 is 1.38 bits per heavy atom. The molecule has 0 heterocycles. The minimum absolute atomic E-state index is 0.0884. The maximum Gasteiger partial charge on any atom is 0.333 e. The molecule has 0 saturated heterocycles. The van der Waals surface area contributed by atoms with Crippen molar-refractivity contribution in [3.05, 3.63) is 12.2 Å². The molecule has 0 N–H and O–H groups in total. The molecule has 0 aliphatic heterocycles. The Bertz CT molecular complexity index is 343. The Kier molecular flexibility index (Phi) is 2.45. The maximum absolute atomic E-state index is 11.6. The predicted octanol–water partition coefficient (Wildman–Crippen LogP) is 3.32. The van der Waals surface area contributed by atoms with Gasteiger partial charge in [-0.2, -0.15) is 0 Å². The molecule has 0 aromatic carbocycles. The van der Waals surface area contributed by atoms with Crippen LogP contribution in [0.1, 0.15) is 47.0 Å². The first-order chi connectivity index (χ1) is 7.29. The van der Waals surface area contributed by atoms with Gasteiger partial charge in [-0.05, 0) is 37.5 Å². The molecular formula is C14H22O2. The van der Waals surface area contributed by atoms with Crippen molar-refractivity contribution in [1.29, 1.82) is 0 Å². The molecule has 2 bridgehead atoms. The van der Waals surface area contributed by atoms with E-state index in [1.807, 2.05) is 0 Å². The van der Waals surface area contributed by atoms with E-state index in [1.165, 1.54) is 12.8 Å². The summed E-state index contributed by atoms with van der Waals surface area (Å²) in [5, 5.41) is 0. The molecule has 2 saturated carbocycles. The van der Waals surface area contributed by atoms with E-state index in [9.17, 15) is 4.79 Å². The normalized spacial score (nSPS) is 39.8. The molecule has 2 heteroatoms. The van der Waals surface area contributed by atoms with E-state index < -0.39 is 0 Å².